The molecule has 2 fully saturated rings. The Labute approximate surface area is 85.1 Å². The van der Waals surface area contributed by atoms with Gasteiger partial charge in [0.15, 0.2) is 0 Å². The van der Waals surface area contributed by atoms with Crippen molar-refractivity contribution in [2.45, 2.75) is 46.0 Å². The van der Waals surface area contributed by atoms with Gasteiger partial charge in [-0.25, -0.2) is 0 Å². The molecule has 2 aliphatic carbocycles. The summed E-state index contributed by atoms with van der Waals surface area (Å²) in [7, 11) is 0. The Balaban J connectivity index is 2.24. The van der Waals surface area contributed by atoms with E-state index in [2.05, 4.69) is 6.92 Å². The summed E-state index contributed by atoms with van der Waals surface area (Å²) in [5, 5.41) is 0. The molecular formula is C12H18O2. The normalized spacial score (nSPS) is 43.6. The predicted molar refractivity (Wildman–Crippen MR) is 53.9 cm³/mol. The summed E-state index contributed by atoms with van der Waals surface area (Å²) in [5.74, 6) is 0.841. The van der Waals surface area contributed by atoms with Gasteiger partial charge in [-0.2, -0.15) is 0 Å². The first kappa shape index (κ1) is 9.88. The van der Waals surface area contributed by atoms with Crippen molar-refractivity contribution in [1.82, 2.24) is 0 Å². The van der Waals surface area contributed by atoms with E-state index in [4.69, 9.17) is 0 Å². The molecule has 2 heteroatoms. The van der Waals surface area contributed by atoms with Gasteiger partial charge in [-0.3, -0.25) is 9.59 Å². The van der Waals surface area contributed by atoms with Crippen molar-refractivity contribution in [1.29, 1.82) is 0 Å². The second-order valence-corrected chi connectivity index (χ2v) is 5.29. The third-order valence-electron chi connectivity index (χ3n) is 4.23. The van der Waals surface area contributed by atoms with E-state index in [-0.39, 0.29) is 23.0 Å². The van der Waals surface area contributed by atoms with Crippen molar-refractivity contribution in [2.24, 2.45) is 17.3 Å². The average molecular weight is 194 g/mol. The zero-order valence-electron chi connectivity index (χ0n) is 9.01. The lowest BCUT2D eigenvalue weighted by Gasteiger charge is -2.45. The minimum absolute atomic E-state index is 0.0347. The van der Waals surface area contributed by atoms with Crippen LogP contribution >= 0.6 is 0 Å². The Morgan fingerprint density at radius 3 is 2.71 bits per heavy atom. The van der Waals surface area contributed by atoms with E-state index in [1.54, 1.807) is 0 Å². The molecule has 0 aliphatic heterocycles. The standard InChI is InChI=1S/C12H18O2/c1-8-3-5-12(2)6-4-9(13)7-10(12)11(8)14/h8,10H,3-7H2,1-2H3/t8-,10+,12+/m1/s1. The summed E-state index contributed by atoms with van der Waals surface area (Å²) in [6, 6.07) is 0. The summed E-state index contributed by atoms with van der Waals surface area (Å²) < 4.78 is 0. The van der Waals surface area contributed by atoms with Gasteiger partial charge in [0.2, 0.25) is 0 Å². The molecule has 2 aliphatic rings. The molecule has 0 unspecified atom stereocenters. The first-order valence-corrected chi connectivity index (χ1v) is 5.58. The van der Waals surface area contributed by atoms with Gasteiger partial charge in [0.05, 0.1) is 0 Å². The van der Waals surface area contributed by atoms with Crippen LogP contribution in [0.4, 0.5) is 0 Å². The number of carbonyl (C=O) groups excluding carboxylic acids is 2. The van der Waals surface area contributed by atoms with Gasteiger partial charge in [0, 0.05) is 24.7 Å². The lowest BCUT2D eigenvalue weighted by atomic mass is 9.58. The number of carbonyl (C=O) groups is 2. The SMILES string of the molecule is C[C@@H]1CC[C@@]2(C)CCC(=O)C[C@H]2C1=O. The van der Waals surface area contributed by atoms with Crippen LogP contribution in [0.5, 0.6) is 0 Å². The van der Waals surface area contributed by atoms with Gasteiger partial charge in [0.25, 0.3) is 0 Å². The molecule has 2 rings (SSSR count). The number of rotatable bonds is 0. The lowest BCUT2D eigenvalue weighted by molar-refractivity contribution is -0.143. The van der Waals surface area contributed by atoms with Crippen LogP contribution in [0.15, 0.2) is 0 Å². The van der Waals surface area contributed by atoms with E-state index in [9.17, 15) is 9.59 Å². The fourth-order valence-electron chi connectivity index (χ4n) is 2.95. The zero-order chi connectivity index (χ0) is 10.3. The summed E-state index contributed by atoms with van der Waals surface area (Å²) >= 11 is 0. The predicted octanol–water partition coefficient (Wildman–Crippen LogP) is 2.36. The Bertz CT molecular complexity index is 282. The minimum atomic E-state index is 0.0347. The number of hydrogen-bond donors (Lipinski definition) is 0. The molecule has 14 heavy (non-hydrogen) atoms. The molecular weight excluding hydrogens is 176 g/mol. The second kappa shape index (κ2) is 3.18. The summed E-state index contributed by atoms with van der Waals surface area (Å²) in [6.45, 7) is 4.19. The van der Waals surface area contributed by atoms with Crippen molar-refractivity contribution in [3.63, 3.8) is 0 Å². The summed E-state index contributed by atoms with van der Waals surface area (Å²) in [6.07, 6.45) is 4.27. The lowest BCUT2D eigenvalue weighted by Crippen LogP contribution is -2.45. The first-order chi connectivity index (χ1) is 6.53. The van der Waals surface area contributed by atoms with Crippen LogP contribution in [0, 0.1) is 17.3 Å². The molecule has 0 amide bonds. The van der Waals surface area contributed by atoms with E-state index in [1.807, 2.05) is 6.92 Å². The molecule has 2 nitrogen and oxygen atoms in total. The molecule has 0 spiro atoms. The van der Waals surface area contributed by atoms with Crippen LogP contribution in [0.1, 0.15) is 46.0 Å². The number of hydrogen-bond acceptors (Lipinski definition) is 2. The highest BCUT2D eigenvalue weighted by atomic mass is 16.1. The molecule has 0 bridgehead atoms. The first-order valence-electron chi connectivity index (χ1n) is 5.58. The number of fused-ring (bicyclic) bond motifs is 1. The quantitative estimate of drug-likeness (QED) is 0.593. The largest absolute Gasteiger partial charge is 0.300 e. The summed E-state index contributed by atoms with van der Waals surface area (Å²) in [4.78, 5) is 23.3. The highest BCUT2D eigenvalue weighted by Gasteiger charge is 2.47. The van der Waals surface area contributed by atoms with Crippen LogP contribution in [-0.4, -0.2) is 11.6 Å². The van der Waals surface area contributed by atoms with E-state index >= 15 is 0 Å². The van der Waals surface area contributed by atoms with Gasteiger partial charge in [-0.15, -0.1) is 0 Å². The highest BCUT2D eigenvalue weighted by Crippen LogP contribution is 2.48. The molecule has 78 valence electrons. The van der Waals surface area contributed by atoms with E-state index in [1.165, 1.54) is 0 Å². The maximum absolute atomic E-state index is 12.0. The zero-order valence-corrected chi connectivity index (χ0v) is 9.01. The van der Waals surface area contributed by atoms with E-state index in [0.717, 1.165) is 19.3 Å². The molecule has 0 radical (unpaired) electrons. The van der Waals surface area contributed by atoms with Gasteiger partial charge in [0.1, 0.15) is 11.6 Å². The van der Waals surface area contributed by atoms with E-state index in [0.29, 0.717) is 18.6 Å². The van der Waals surface area contributed by atoms with Crippen molar-refractivity contribution in [2.75, 3.05) is 0 Å². The second-order valence-electron chi connectivity index (χ2n) is 5.29. The molecule has 0 N–H and O–H groups in total. The number of Topliss-reactive ketones (excluding diaryl/α,β-unsaturated/α-hetero) is 2. The molecule has 0 aromatic carbocycles. The Kier molecular flexibility index (Phi) is 2.24. The Hall–Kier alpha value is -0.660. The highest BCUT2D eigenvalue weighted by molar-refractivity contribution is 5.91. The van der Waals surface area contributed by atoms with Gasteiger partial charge in [-0.1, -0.05) is 13.8 Å². The molecule has 2 saturated carbocycles. The minimum Gasteiger partial charge on any atom is -0.300 e. The van der Waals surface area contributed by atoms with Crippen molar-refractivity contribution in [3.8, 4) is 0 Å². The van der Waals surface area contributed by atoms with Crippen LogP contribution in [0.25, 0.3) is 0 Å². The maximum Gasteiger partial charge on any atom is 0.139 e. The van der Waals surface area contributed by atoms with Crippen molar-refractivity contribution < 1.29 is 9.59 Å². The van der Waals surface area contributed by atoms with Gasteiger partial charge < -0.3 is 0 Å². The summed E-state index contributed by atoms with van der Waals surface area (Å²) in [5.41, 5.74) is 0.136. The van der Waals surface area contributed by atoms with Crippen LogP contribution in [0.3, 0.4) is 0 Å². The van der Waals surface area contributed by atoms with Crippen molar-refractivity contribution in [3.05, 3.63) is 0 Å². The Morgan fingerprint density at radius 1 is 1.29 bits per heavy atom. The monoisotopic (exact) mass is 194 g/mol. The smallest absolute Gasteiger partial charge is 0.139 e. The molecule has 0 aromatic rings. The van der Waals surface area contributed by atoms with Crippen LogP contribution < -0.4 is 0 Å². The molecule has 0 saturated heterocycles. The topological polar surface area (TPSA) is 34.1 Å². The van der Waals surface area contributed by atoms with Crippen LogP contribution in [-0.2, 0) is 9.59 Å². The fraction of sp³-hybridized carbons (Fsp3) is 0.833. The molecule has 0 heterocycles. The third-order valence-corrected chi connectivity index (χ3v) is 4.23. The molecule has 3 atom stereocenters. The molecule has 0 aromatic heterocycles. The fourth-order valence-corrected chi connectivity index (χ4v) is 2.95. The Morgan fingerprint density at radius 2 is 2.00 bits per heavy atom. The third kappa shape index (κ3) is 1.41. The number of ketones is 2. The van der Waals surface area contributed by atoms with E-state index < -0.39 is 0 Å². The average Bonchev–Trinajstić information content (AvgIpc) is 2.16. The van der Waals surface area contributed by atoms with Gasteiger partial charge in [-0.05, 0) is 24.7 Å². The van der Waals surface area contributed by atoms with Crippen molar-refractivity contribution >= 4 is 11.6 Å². The van der Waals surface area contributed by atoms with Gasteiger partial charge >= 0.3 is 0 Å². The van der Waals surface area contributed by atoms with Crippen LogP contribution in [0.2, 0.25) is 0 Å². The maximum atomic E-state index is 12.0.